The zero-order valence-electron chi connectivity index (χ0n) is 21.0. The van der Waals surface area contributed by atoms with Gasteiger partial charge < -0.3 is 15.1 Å². The lowest BCUT2D eigenvalue weighted by Crippen LogP contribution is -2.44. The number of halogens is 2. The summed E-state index contributed by atoms with van der Waals surface area (Å²) in [6.07, 6.45) is 7.18. The molecular weight excluding hydrogens is 511 g/mol. The predicted molar refractivity (Wildman–Crippen MR) is 151 cm³/mol. The molecule has 0 bridgehead atoms. The third kappa shape index (κ3) is 6.43. The molecule has 1 amide bonds. The highest BCUT2D eigenvalue weighted by atomic mass is 35.5. The predicted octanol–water partition coefficient (Wildman–Crippen LogP) is 4.10. The maximum atomic E-state index is 13.1. The van der Waals surface area contributed by atoms with E-state index in [9.17, 15) is 4.79 Å². The number of piperazine rings is 1. The van der Waals surface area contributed by atoms with Gasteiger partial charge in [-0.1, -0.05) is 6.07 Å². The van der Waals surface area contributed by atoms with Crippen molar-refractivity contribution in [3.63, 3.8) is 0 Å². The summed E-state index contributed by atoms with van der Waals surface area (Å²) in [5.74, 6) is -0.309. The second-order valence-corrected chi connectivity index (χ2v) is 8.87. The van der Waals surface area contributed by atoms with Crippen molar-refractivity contribution in [2.24, 2.45) is 7.05 Å². The number of carbonyl (C=O) groups is 1. The molecule has 0 aliphatic carbocycles. The van der Waals surface area contributed by atoms with Crippen molar-refractivity contribution in [1.82, 2.24) is 29.6 Å². The molecule has 0 spiro atoms. The van der Waals surface area contributed by atoms with E-state index in [0.29, 0.717) is 28.5 Å². The fourth-order valence-corrected chi connectivity index (χ4v) is 4.15. The lowest BCUT2D eigenvalue weighted by Gasteiger charge is -2.33. The van der Waals surface area contributed by atoms with Crippen LogP contribution in [0.15, 0.2) is 61.2 Å². The van der Waals surface area contributed by atoms with Crippen molar-refractivity contribution in [3.8, 4) is 22.6 Å². The minimum Gasteiger partial charge on any atom is -0.368 e. The Labute approximate surface area is 228 Å². The molecule has 0 unspecified atom stereocenters. The van der Waals surface area contributed by atoms with Crippen LogP contribution in [0.2, 0.25) is 0 Å². The Balaban J connectivity index is 0.00000190. The summed E-state index contributed by atoms with van der Waals surface area (Å²) in [6.45, 7) is 6.00. The zero-order valence-corrected chi connectivity index (χ0v) is 22.6. The number of aromatic nitrogens is 5. The van der Waals surface area contributed by atoms with Crippen LogP contribution in [0.25, 0.3) is 22.6 Å². The summed E-state index contributed by atoms with van der Waals surface area (Å²) >= 11 is 0. The van der Waals surface area contributed by atoms with Gasteiger partial charge in [0.15, 0.2) is 0 Å². The molecule has 0 aromatic carbocycles. The molecular formula is C26H30Cl2N8O. The first-order valence-corrected chi connectivity index (χ1v) is 11.6. The first-order chi connectivity index (χ1) is 17.0. The maximum absolute atomic E-state index is 13.1. The van der Waals surface area contributed by atoms with Gasteiger partial charge in [-0.15, -0.1) is 24.8 Å². The van der Waals surface area contributed by atoms with Crippen LogP contribution in [0, 0.1) is 6.92 Å². The molecule has 194 valence electrons. The second-order valence-electron chi connectivity index (χ2n) is 8.87. The van der Waals surface area contributed by atoms with Gasteiger partial charge in [0.2, 0.25) is 0 Å². The van der Waals surface area contributed by atoms with Crippen molar-refractivity contribution in [2.45, 2.75) is 6.92 Å². The van der Waals surface area contributed by atoms with Crippen LogP contribution < -0.4 is 10.2 Å². The smallest absolute Gasteiger partial charge is 0.274 e. The zero-order chi connectivity index (χ0) is 24.4. The summed E-state index contributed by atoms with van der Waals surface area (Å²) in [5, 5.41) is 7.51. The van der Waals surface area contributed by atoms with Gasteiger partial charge in [0.1, 0.15) is 11.4 Å². The number of carbonyl (C=O) groups excluding carboxylic acids is 1. The van der Waals surface area contributed by atoms with Gasteiger partial charge in [-0.05, 0) is 49.9 Å². The minimum atomic E-state index is -0.309. The molecule has 1 fully saturated rings. The van der Waals surface area contributed by atoms with Crippen LogP contribution in [0.3, 0.4) is 0 Å². The molecule has 37 heavy (non-hydrogen) atoms. The molecule has 4 aromatic rings. The molecule has 9 nitrogen and oxygen atoms in total. The van der Waals surface area contributed by atoms with Gasteiger partial charge in [-0.2, -0.15) is 5.10 Å². The van der Waals surface area contributed by atoms with Gasteiger partial charge in [0.25, 0.3) is 5.91 Å². The first-order valence-electron chi connectivity index (χ1n) is 11.6. The van der Waals surface area contributed by atoms with Gasteiger partial charge in [0.05, 0.1) is 29.0 Å². The molecule has 0 saturated carbocycles. The highest BCUT2D eigenvalue weighted by Crippen LogP contribution is 2.27. The minimum absolute atomic E-state index is 0. The Kier molecular flexibility index (Phi) is 9.20. The van der Waals surface area contributed by atoms with Crippen molar-refractivity contribution in [1.29, 1.82) is 0 Å². The number of pyridine rings is 3. The van der Waals surface area contributed by atoms with Crippen LogP contribution >= 0.6 is 24.8 Å². The van der Waals surface area contributed by atoms with E-state index in [4.69, 9.17) is 0 Å². The number of rotatable bonds is 5. The van der Waals surface area contributed by atoms with Crippen LogP contribution in [0.1, 0.15) is 16.1 Å². The van der Waals surface area contributed by atoms with Gasteiger partial charge in [0, 0.05) is 57.4 Å². The van der Waals surface area contributed by atoms with E-state index in [-0.39, 0.29) is 30.7 Å². The highest BCUT2D eigenvalue weighted by Gasteiger charge is 2.18. The number of amides is 1. The average Bonchev–Trinajstić information content (AvgIpc) is 3.24. The summed E-state index contributed by atoms with van der Waals surface area (Å²) in [4.78, 5) is 31.2. The van der Waals surface area contributed by atoms with Gasteiger partial charge in [-0.3, -0.25) is 19.4 Å². The summed E-state index contributed by atoms with van der Waals surface area (Å²) in [6, 6.07) is 11.4. The first kappa shape index (κ1) is 28.0. The topological polar surface area (TPSA) is 92.1 Å². The Hall–Kier alpha value is -3.53. The lowest BCUT2D eigenvalue weighted by atomic mass is 10.1. The third-order valence-corrected chi connectivity index (χ3v) is 6.09. The van der Waals surface area contributed by atoms with Crippen molar-refractivity contribution in [3.05, 3.63) is 72.4 Å². The number of anilines is 2. The standard InChI is InChI=1S/C26H28N8O.2ClH/c1-18-13-19(15-27-14-18)21-5-4-6-23(29-21)26(35)30-24-17-33(3)31-25(24)22-8-7-20(16-28-22)34-11-9-32(2)10-12-34;;/h4-8,13-17H,9-12H2,1-3H3,(H,30,35);2*1H. The molecule has 4 aromatic heterocycles. The number of nitrogens with zero attached hydrogens (tertiary/aromatic N) is 7. The van der Waals surface area contributed by atoms with Gasteiger partial charge >= 0.3 is 0 Å². The summed E-state index contributed by atoms with van der Waals surface area (Å²) in [5.41, 5.74) is 5.91. The van der Waals surface area contributed by atoms with Crippen molar-refractivity contribution in [2.75, 3.05) is 43.4 Å². The summed E-state index contributed by atoms with van der Waals surface area (Å²) < 4.78 is 1.67. The SMILES string of the molecule is Cc1cncc(-c2cccc(C(=O)Nc3cn(C)nc3-c3ccc(N4CCN(C)CC4)cn3)n2)c1.Cl.Cl. The Morgan fingerprint density at radius 1 is 0.946 bits per heavy atom. The van der Waals surface area contributed by atoms with E-state index < -0.39 is 0 Å². The maximum Gasteiger partial charge on any atom is 0.274 e. The molecule has 11 heteroatoms. The van der Waals surface area contributed by atoms with E-state index in [1.54, 1.807) is 29.3 Å². The second kappa shape index (κ2) is 12.1. The lowest BCUT2D eigenvalue weighted by molar-refractivity contribution is 0.102. The van der Waals surface area contributed by atoms with Gasteiger partial charge in [-0.25, -0.2) is 4.98 Å². The highest BCUT2D eigenvalue weighted by molar-refractivity contribution is 6.04. The van der Waals surface area contributed by atoms with E-state index in [1.165, 1.54) is 0 Å². The molecule has 1 saturated heterocycles. The fourth-order valence-electron chi connectivity index (χ4n) is 4.15. The molecule has 0 radical (unpaired) electrons. The molecule has 1 aliphatic heterocycles. The van der Waals surface area contributed by atoms with Crippen LogP contribution in [0.4, 0.5) is 11.4 Å². The van der Waals surface area contributed by atoms with E-state index >= 15 is 0 Å². The number of nitrogens with one attached hydrogen (secondary N) is 1. The third-order valence-electron chi connectivity index (χ3n) is 6.09. The molecule has 5 rings (SSSR count). The Bertz CT molecular complexity index is 1350. The van der Waals surface area contributed by atoms with E-state index in [0.717, 1.165) is 43.0 Å². The fraction of sp³-hybridized carbons (Fsp3) is 0.269. The Morgan fingerprint density at radius 2 is 1.73 bits per heavy atom. The number of aryl methyl sites for hydroxylation is 2. The van der Waals surface area contributed by atoms with Crippen LogP contribution in [-0.2, 0) is 7.05 Å². The molecule has 0 atom stereocenters. The monoisotopic (exact) mass is 540 g/mol. The number of hydrogen-bond donors (Lipinski definition) is 1. The number of likely N-dealkylation sites (N-methyl/N-ethyl adjacent to an activating group) is 1. The van der Waals surface area contributed by atoms with E-state index in [1.807, 2.05) is 44.4 Å². The van der Waals surface area contributed by atoms with E-state index in [2.05, 4.69) is 48.3 Å². The largest absolute Gasteiger partial charge is 0.368 e. The number of hydrogen-bond acceptors (Lipinski definition) is 7. The molecule has 1 N–H and O–H groups in total. The quantitative estimate of drug-likeness (QED) is 0.407. The van der Waals surface area contributed by atoms with Crippen LogP contribution in [-0.4, -0.2) is 68.8 Å². The average molecular weight is 541 g/mol. The molecule has 5 heterocycles. The van der Waals surface area contributed by atoms with Crippen molar-refractivity contribution >= 4 is 42.1 Å². The normalized spacial score (nSPS) is 13.4. The van der Waals surface area contributed by atoms with Crippen LogP contribution in [0.5, 0.6) is 0 Å². The Morgan fingerprint density at radius 3 is 2.43 bits per heavy atom. The van der Waals surface area contributed by atoms with Crippen molar-refractivity contribution < 1.29 is 4.79 Å². The summed E-state index contributed by atoms with van der Waals surface area (Å²) in [7, 11) is 3.96. The molecule has 1 aliphatic rings.